The van der Waals surface area contributed by atoms with E-state index in [4.69, 9.17) is 4.74 Å². The summed E-state index contributed by atoms with van der Waals surface area (Å²) in [7, 11) is 0. The fourth-order valence-corrected chi connectivity index (χ4v) is 3.03. The highest BCUT2D eigenvalue weighted by Crippen LogP contribution is 2.22. The molecule has 2 unspecified atom stereocenters. The van der Waals surface area contributed by atoms with E-state index in [1.165, 1.54) is 11.6 Å². The number of nitro groups is 1. The van der Waals surface area contributed by atoms with E-state index < -0.39 is 22.8 Å². The summed E-state index contributed by atoms with van der Waals surface area (Å²) in [6, 6.07) is -0.998. The number of ether oxygens (including phenoxy) is 1. The smallest absolute Gasteiger partial charge is 0.326 e. The first-order valence-corrected chi connectivity index (χ1v) is 8.09. The van der Waals surface area contributed by atoms with Crippen molar-refractivity contribution in [2.24, 2.45) is 5.92 Å². The molecule has 2 N–H and O–H groups in total. The fourth-order valence-electron chi connectivity index (χ4n) is 3.03. The lowest BCUT2D eigenvalue weighted by Crippen LogP contribution is -2.48. The van der Waals surface area contributed by atoms with Gasteiger partial charge < -0.3 is 15.2 Å². The lowest BCUT2D eigenvalue weighted by molar-refractivity contribution is -0.386. The van der Waals surface area contributed by atoms with Crippen molar-refractivity contribution < 1.29 is 24.4 Å². The second-order valence-electron chi connectivity index (χ2n) is 6.11. The number of aromatic nitrogens is 2. The Kier molecular flexibility index (Phi) is 6.07. The molecule has 0 radical (unpaired) electrons. The number of amides is 1. The van der Waals surface area contributed by atoms with Crippen molar-refractivity contribution >= 4 is 17.6 Å². The molecular formula is C15H22N4O6. The molecule has 2 heterocycles. The maximum absolute atomic E-state index is 12.1. The lowest BCUT2D eigenvalue weighted by atomic mass is 9.93. The van der Waals surface area contributed by atoms with Gasteiger partial charge in [-0.15, -0.1) is 0 Å². The van der Waals surface area contributed by atoms with Gasteiger partial charge in [0.1, 0.15) is 17.4 Å². The molecule has 0 saturated carbocycles. The van der Waals surface area contributed by atoms with E-state index in [1.807, 2.05) is 0 Å². The van der Waals surface area contributed by atoms with Gasteiger partial charge in [0.05, 0.1) is 18.1 Å². The molecule has 0 aliphatic carbocycles. The monoisotopic (exact) mass is 354 g/mol. The topological polar surface area (TPSA) is 137 Å². The van der Waals surface area contributed by atoms with Gasteiger partial charge >= 0.3 is 11.7 Å². The average molecular weight is 354 g/mol. The molecule has 0 spiro atoms. The summed E-state index contributed by atoms with van der Waals surface area (Å²) in [6.07, 6.45) is 1.43. The minimum Gasteiger partial charge on any atom is -0.480 e. The van der Waals surface area contributed by atoms with Crippen LogP contribution in [0.25, 0.3) is 0 Å². The van der Waals surface area contributed by atoms with Crippen LogP contribution in [0.5, 0.6) is 0 Å². The lowest BCUT2D eigenvalue weighted by Gasteiger charge is -2.28. The van der Waals surface area contributed by atoms with Gasteiger partial charge in [0.2, 0.25) is 5.91 Å². The van der Waals surface area contributed by atoms with Gasteiger partial charge in [0.25, 0.3) is 0 Å². The number of hydrogen-bond donors (Lipinski definition) is 2. The van der Waals surface area contributed by atoms with Crippen LogP contribution in [-0.2, 0) is 20.9 Å². The standard InChI is InChI=1S/C15H22N4O6/c1-9-14(19(23)24)10(2)18(17-9)6-5-12(20)16-13(15(21)22)11-4-3-7-25-8-11/h11,13H,3-8H2,1-2H3,(H,16,20)(H,21,22). The summed E-state index contributed by atoms with van der Waals surface area (Å²) in [5.41, 5.74) is 0.583. The number of carboxylic acid groups (broad SMARTS) is 1. The van der Waals surface area contributed by atoms with Crippen LogP contribution in [0.1, 0.15) is 30.7 Å². The van der Waals surface area contributed by atoms with Crippen molar-refractivity contribution in [1.29, 1.82) is 0 Å². The third-order valence-electron chi connectivity index (χ3n) is 4.33. The number of nitrogens with zero attached hydrogens (tertiary/aromatic N) is 3. The predicted molar refractivity (Wildman–Crippen MR) is 86.1 cm³/mol. The Morgan fingerprint density at radius 3 is 2.76 bits per heavy atom. The molecule has 10 heteroatoms. The maximum atomic E-state index is 12.1. The zero-order valence-corrected chi connectivity index (χ0v) is 14.2. The van der Waals surface area contributed by atoms with E-state index in [1.54, 1.807) is 6.92 Å². The van der Waals surface area contributed by atoms with Crippen LogP contribution in [0.15, 0.2) is 0 Å². The molecule has 138 valence electrons. The summed E-state index contributed by atoms with van der Waals surface area (Å²) in [5.74, 6) is -1.79. The molecular weight excluding hydrogens is 332 g/mol. The molecule has 1 aromatic rings. The molecule has 1 aromatic heterocycles. The van der Waals surface area contributed by atoms with E-state index in [0.717, 1.165) is 6.42 Å². The number of hydrogen-bond acceptors (Lipinski definition) is 6. The van der Waals surface area contributed by atoms with Crippen LogP contribution in [0.3, 0.4) is 0 Å². The van der Waals surface area contributed by atoms with Crippen LogP contribution in [-0.4, -0.2) is 50.9 Å². The Balaban J connectivity index is 1.96. The normalized spacial score (nSPS) is 18.6. The van der Waals surface area contributed by atoms with Crippen LogP contribution in [0.4, 0.5) is 5.69 Å². The number of nitrogens with one attached hydrogen (secondary N) is 1. The first kappa shape index (κ1) is 18.8. The number of carbonyl (C=O) groups excluding carboxylic acids is 1. The van der Waals surface area contributed by atoms with Crippen LogP contribution in [0, 0.1) is 29.9 Å². The molecule has 1 amide bonds. The number of carbonyl (C=O) groups is 2. The van der Waals surface area contributed by atoms with Crippen molar-refractivity contribution in [3.05, 3.63) is 21.5 Å². The Bertz CT molecular complexity index is 665. The Labute approximate surface area is 144 Å². The van der Waals surface area contributed by atoms with Crippen molar-refractivity contribution in [3.63, 3.8) is 0 Å². The number of aryl methyl sites for hydroxylation is 2. The van der Waals surface area contributed by atoms with Crippen LogP contribution in [0.2, 0.25) is 0 Å². The number of aliphatic carboxylic acids is 1. The molecule has 10 nitrogen and oxygen atoms in total. The number of rotatable bonds is 7. The van der Waals surface area contributed by atoms with E-state index in [9.17, 15) is 24.8 Å². The van der Waals surface area contributed by atoms with Gasteiger partial charge in [0.15, 0.2) is 0 Å². The minimum absolute atomic E-state index is 0.0174. The number of carboxylic acids is 1. The predicted octanol–water partition coefficient (Wildman–Crippen LogP) is 0.794. The maximum Gasteiger partial charge on any atom is 0.326 e. The Morgan fingerprint density at radius 1 is 1.52 bits per heavy atom. The summed E-state index contributed by atoms with van der Waals surface area (Å²) in [5, 5.41) is 26.9. The summed E-state index contributed by atoms with van der Waals surface area (Å²) >= 11 is 0. The quantitative estimate of drug-likeness (QED) is 0.545. The van der Waals surface area contributed by atoms with E-state index in [-0.39, 0.29) is 30.3 Å². The molecule has 0 bridgehead atoms. The molecule has 1 aliphatic rings. The second kappa shape index (κ2) is 8.06. The van der Waals surface area contributed by atoms with Crippen molar-refractivity contribution in [1.82, 2.24) is 15.1 Å². The highest BCUT2D eigenvalue weighted by Gasteiger charge is 2.31. The Hall–Kier alpha value is -2.49. The van der Waals surface area contributed by atoms with Crippen LogP contribution < -0.4 is 5.32 Å². The van der Waals surface area contributed by atoms with Gasteiger partial charge in [-0.05, 0) is 26.7 Å². The van der Waals surface area contributed by atoms with Crippen molar-refractivity contribution in [3.8, 4) is 0 Å². The zero-order chi connectivity index (χ0) is 18.6. The van der Waals surface area contributed by atoms with Crippen molar-refractivity contribution in [2.75, 3.05) is 13.2 Å². The van der Waals surface area contributed by atoms with Crippen molar-refractivity contribution in [2.45, 2.75) is 45.7 Å². The average Bonchev–Trinajstić information content (AvgIpc) is 2.85. The summed E-state index contributed by atoms with van der Waals surface area (Å²) in [4.78, 5) is 34.0. The second-order valence-corrected chi connectivity index (χ2v) is 6.11. The largest absolute Gasteiger partial charge is 0.480 e. The zero-order valence-electron chi connectivity index (χ0n) is 14.2. The molecule has 25 heavy (non-hydrogen) atoms. The first-order chi connectivity index (χ1) is 11.8. The molecule has 1 saturated heterocycles. The van der Waals surface area contributed by atoms with Crippen LogP contribution >= 0.6 is 0 Å². The molecule has 2 atom stereocenters. The van der Waals surface area contributed by atoms with Gasteiger partial charge in [-0.2, -0.15) is 5.10 Å². The molecule has 0 aromatic carbocycles. The van der Waals surface area contributed by atoms with Gasteiger partial charge in [0, 0.05) is 18.9 Å². The van der Waals surface area contributed by atoms with Gasteiger partial charge in [-0.3, -0.25) is 19.6 Å². The summed E-state index contributed by atoms with van der Waals surface area (Å²) < 4.78 is 6.68. The van der Waals surface area contributed by atoms with E-state index >= 15 is 0 Å². The minimum atomic E-state index is -1.09. The molecule has 2 rings (SSSR count). The molecule has 1 aliphatic heterocycles. The highest BCUT2D eigenvalue weighted by atomic mass is 16.6. The Morgan fingerprint density at radius 2 is 2.24 bits per heavy atom. The van der Waals surface area contributed by atoms with Gasteiger partial charge in [-0.1, -0.05) is 0 Å². The highest BCUT2D eigenvalue weighted by molar-refractivity contribution is 5.83. The van der Waals surface area contributed by atoms with Gasteiger partial charge in [-0.25, -0.2) is 4.79 Å². The van der Waals surface area contributed by atoms with E-state index in [2.05, 4.69) is 10.4 Å². The first-order valence-electron chi connectivity index (χ1n) is 8.09. The third-order valence-corrected chi connectivity index (χ3v) is 4.33. The van der Waals surface area contributed by atoms with E-state index in [0.29, 0.717) is 25.3 Å². The molecule has 1 fully saturated rings. The third kappa shape index (κ3) is 4.53. The fraction of sp³-hybridized carbons (Fsp3) is 0.667. The SMILES string of the molecule is Cc1nn(CCC(=O)NC(C(=O)O)C2CCCOC2)c(C)c1[N+](=O)[O-]. The summed E-state index contributed by atoms with van der Waals surface area (Å²) in [6.45, 7) is 4.15.